The quantitative estimate of drug-likeness (QED) is 0.843. The lowest BCUT2D eigenvalue weighted by Crippen LogP contribution is -2.40. The van der Waals surface area contributed by atoms with Gasteiger partial charge in [0.05, 0.1) is 18.1 Å². The number of sulfone groups is 1. The molecule has 1 aliphatic heterocycles. The Balaban J connectivity index is 2.24. The topological polar surface area (TPSA) is 57.6 Å². The minimum absolute atomic E-state index is 0.106. The number of aliphatic hydroxyl groups excluding tert-OH is 1. The van der Waals surface area contributed by atoms with Crippen molar-refractivity contribution in [3.05, 3.63) is 29.6 Å². The standard InChI is InChI=1S/C11H14FNO3S/c12-10-1-2-11(9(7-10)8-14)13-3-5-17(15,16)6-4-13/h1-2,7,14H,3-6,8H2. The molecule has 0 atom stereocenters. The molecule has 1 aromatic carbocycles. The molecule has 1 heterocycles. The summed E-state index contributed by atoms with van der Waals surface area (Å²) >= 11 is 0. The molecule has 0 aliphatic carbocycles. The van der Waals surface area contributed by atoms with Crippen molar-refractivity contribution in [1.82, 2.24) is 0 Å². The Labute approximate surface area is 99.6 Å². The highest BCUT2D eigenvalue weighted by molar-refractivity contribution is 7.91. The van der Waals surface area contributed by atoms with E-state index in [1.807, 2.05) is 4.90 Å². The zero-order chi connectivity index (χ0) is 12.5. The lowest BCUT2D eigenvalue weighted by atomic mass is 10.1. The van der Waals surface area contributed by atoms with Crippen molar-refractivity contribution in [3.8, 4) is 0 Å². The molecule has 4 nitrogen and oxygen atoms in total. The smallest absolute Gasteiger partial charge is 0.153 e. The molecule has 6 heteroatoms. The van der Waals surface area contributed by atoms with Crippen LogP contribution in [0.4, 0.5) is 10.1 Å². The summed E-state index contributed by atoms with van der Waals surface area (Å²) in [6, 6.07) is 4.18. The predicted molar refractivity (Wildman–Crippen MR) is 63.2 cm³/mol. The molecule has 1 saturated heterocycles. The van der Waals surface area contributed by atoms with Crippen molar-refractivity contribution < 1.29 is 17.9 Å². The Morgan fingerprint density at radius 3 is 2.53 bits per heavy atom. The van der Waals surface area contributed by atoms with E-state index in [4.69, 9.17) is 5.11 Å². The second-order valence-corrected chi connectivity index (χ2v) is 6.37. The van der Waals surface area contributed by atoms with Gasteiger partial charge in [-0.05, 0) is 18.2 Å². The van der Waals surface area contributed by atoms with E-state index >= 15 is 0 Å². The molecule has 0 aromatic heterocycles. The van der Waals surface area contributed by atoms with Gasteiger partial charge in [-0.1, -0.05) is 0 Å². The number of hydrogen-bond donors (Lipinski definition) is 1. The van der Waals surface area contributed by atoms with Crippen molar-refractivity contribution in [1.29, 1.82) is 0 Å². The van der Waals surface area contributed by atoms with Crippen molar-refractivity contribution in [3.63, 3.8) is 0 Å². The van der Waals surface area contributed by atoms with Crippen molar-refractivity contribution in [2.45, 2.75) is 6.61 Å². The highest BCUT2D eigenvalue weighted by Gasteiger charge is 2.23. The Morgan fingerprint density at radius 2 is 1.94 bits per heavy atom. The van der Waals surface area contributed by atoms with Gasteiger partial charge in [-0.15, -0.1) is 0 Å². The summed E-state index contributed by atoms with van der Waals surface area (Å²) < 4.78 is 35.6. The van der Waals surface area contributed by atoms with Gasteiger partial charge in [0.1, 0.15) is 5.82 Å². The van der Waals surface area contributed by atoms with Crippen molar-refractivity contribution in [2.75, 3.05) is 29.5 Å². The van der Waals surface area contributed by atoms with Crippen LogP contribution in [-0.2, 0) is 16.4 Å². The largest absolute Gasteiger partial charge is 0.392 e. The third-order valence-electron chi connectivity index (χ3n) is 2.90. The van der Waals surface area contributed by atoms with E-state index < -0.39 is 15.7 Å². The molecule has 2 rings (SSSR count). The average Bonchev–Trinajstić information content (AvgIpc) is 2.29. The fourth-order valence-corrected chi connectivity index (χ4v) is 3.14. The van der Waals surface area contributed by atoms with Crippen molar-refractivity contribution >= 4 is 15.5 Å². The number of benzene rings is 1. The first-order chi connectivity index (χ1) is 8.02. The number of hydrogen-bond acceptors (Lipinski definition) is 4. The Kier molecular flexibility index (Phi) is 3.35. The van der Waals surface area contributed by atoms with E-state index in [2.05, 4.69) is 0 Å². The Hall–Kier alpha value is -1.14. The third kappa shape index (κ3) is 2.76. The summed E-state index contributed by atoms with van der Waals surface area (Å²) in [5.74, 6) is -0.188. The van der Waals surface area contributed by atoms with Crippen LogP contribution >= 0.6 is 0 Å². The van der Waals surface area contributed by atoms with Gasteiger partial charge < -0.3 is 10.0 Å². The van der Waals surface area contributed by atoms with Crippen LogP contribution in [0, 0.1) is 5.82 Å². The Bertz CT molecular complexity index is 501. The molecule has 0 unspecified atom stereocenters. The minimum Gasteiger partial charge on any atom is -0.392 e. The van der Waals surface area contributed by atoms with Crippen LogP contribution in [0.5, 0.6) is 0 Å². The van der Waals surface area contributed by atoms with Gasteiger partial charge in [-0.3, -0.25) is 0 Å². The molecular formula is C11H14FNO3S. The van der Waals surface area contributed by atoms with Crippen LogP contribution in [0.1, 0.15) is 5.56 Å². The lowest BCUT2D eigenvalue weighted by molar-refractivity contribution is 0.281. The SMILES string of the molecule is O=S1(=O)CCN(c2ccc(F)cc2CO)CC1. The van der Waals surface area contributed by atoms with E-state index in [9.17, 15) is 12.8 Å². The van der Waals surface area contributed by atoms with Gasteiger partial charge in [-0.25, -0.2) is 12.8 Å². The molecule has 0 amide bonds. The van der Waals surface area contributed by atoms with Crippen LogP contribution in [0.2, 0.25) is 0 Å². The molecule has 1 fully saturated rings. The molecule has 17 heavy (non-hydrogen) atoms. The summed E-state index contributed by atoms with van der Waals surface area (Å²) in [6.07, 6.45) is 0. The number of nitrogens with zero attached hydrogens (tertiary/aromatic N) is 1. The Morgan fingerprint density at radius 1 is 1.29 bits per heavy atom. The van der Waals surface area contributed by atoms with E-state index in [-0.39, 0.29) is 18.1 Å². The first-order valence-electron chi connectivity index (χ1n) is 5.36. The lowest BCUT2D eigenvalue weighted by Gasteiger charge is -2.30. The third-order valence-corrected chi connectivity index (χ3v) is 4.51. The highest BCUT2D eigenvalue weighted by atomic mass is 32.2. The van der Waals surface area contributed by atoms with E-state index in [1.165, 1.54) is 12.1 Å². The zero-order valence-corrected chi connectivity index (χ0v) is 10.1. The monoisotopic (exact) mass is 259 g/mol. The minimum atomic E-state index is -2.93. The summed E-state index contributed by atoms with van der Waals surface area (Å²) in [7, 11) is -2.93. The zero-order valence-electron chi connectivity index (χ0n) is 9.26. The number of anilines is 1. The van der Waals surface area contributed by atoms with Gasteiger partial charge >= 0.3 is 0 Å². The van der Waals surface area contributed by atoms with Crippen LogP contribution in [0.25, 0.3) is 0 Å². The molecular weight excluding hydrogens is 245 g/mol. The van der Waals surface area contributed by atoms with Crippen LogP contribution in [0.3, 0.4) is 0 Å². The summed E-state index contributed by atoms with van der Waals surface area (Å²) in [5, 5.41) is 9.16. The number of rotatable bonds is 2. The van der Waals surface area contributed by atoms with Crippen LogP contribution in [0.15, 0.2) is 18.2 Å². The molecule has 0 radical (unpaired) electrons. The van der Waals surface area contributed by atoms with E-state index in [0.29, 0.717) is 24.3 Å². The molecule has 1 aliphatic rings. The van der Waals surface area contributed by atoms with Gasteiger partial charge in [0, 0.05) is 24.3 Å². The van der Waals surface area contributed by atoms with Gasteiger partial charge in [0.15, 0.2) is 9.84 Å². The maximum atomic E-state index is 13.0. The second kappa shape index (κ2) is 4.62. The van der Waals surface area contributed by atoms with E-state index in [0.717, 1.165) is 0 Å². The molecule has 1 aromatic rings. The second-order valence-electron chi connectivity index (χ2n) is 4.07. The number of aliphatic hydroxyl groups is 1. The summed E-state index contributed by atoms with van der Waals surface area (Å²) in [5.41, 5.74) is 1.20. The van der Waals surface area contributed by atoms with Gasteiger partial charge in [-0.2, -0.15) is 0 Å². The van der Waals surface area contributed by atoms with Crippen LogP contribution < -0.4 is 4.90 Å². The normalized spacial score (nSPS) is 19.3. The average molecular weight is 259 g/mol. The van der Waals surface area contributed by atoms with Gasteiger partial charge in [0.25, 0.3) is 0 Å². The number of halogens is 1. The molecule has 0 bridgehead atoms. The fourth-order valence-electron chi connectivity index (χ4n) is 1.94. The van der Waals surface area contributed by atoms with Crippen LogP contribution in [-0.4, -0.2) is 38.1 Å². The summed E-state index contributed by atoms with van der Waals surface area (Å²) in [4.78, 5) is 1.87. The maximum absolute atomic E-state index is 13.0. The summed E-state index contributed by atoms with van der Waals surface area (Å²) in [6.45, 7) is 0.526. The molecule has 0 spiro atoms. The van der Waals surface area contributed by atoms with Crippen molar-refractivity contribution in [2.24, 2.45) is 0 Å². The van der Waals surface area contributed by atoms with E-state index in [1.54, 1.807) is 6.07 Å². The van der Waals surface area contributed by atoms with Gasteiger partial charge in [0.2, 0.25) is 0 Å². The molecule has 0 saturated carbocycles. The first-order valence-corrected chi connectivity index (χ1v) is 7.18. The fraction of sp³-hybridized carbons (Fsp3) is 0.455. The molecule has 1 N–H and O–H groups in total. The first kappa shape index (κ1) is 12.3. The molecule has 94 valence electrons. The highest BCUT2D eigenvalue weighted by Crippen LogP contribution is 2.23. The predicted octanol–water partition coefficient (Wildman–Crippen LogP) is 0.553. The maximum Gasteiger partial charge on any atom is 0.153 e.